The zero-order valence-electron chi connectivity index (χ0n) is 21.6. The molecule has 1 aliphatic rings. The van der Waals surface area contributed by atoms with E-state index in [1.165, 1.54) is 44.4 Å². The Morgan fingerprint density at radius 2 is 1.66 bits per heavy atom. The molecule has 0 radical (unpaired) electrons. The van der Waals surface area contributed by atoms with Gasteiger partial charge in [0.2, 0.25) is 0 Å². The maximum absolute atomic E-state index is 15.5. The number of carbonyl (C=O) groups is 1. The fourth-order valence-electron chi connectivity index (χ4n) is 5.00. The SMILES string of the molecule is COc1cccc(-c2c(C)c(Cc3c(F)cccc3F)c3n(c2=O)C(C(=O)c2cccc(C(F)(F)F)c2)CS3)c1F. The van der Waals surface area contributed by atoms with E-state index in [2.05, 4.69) is 0 Å². The molecule has 0 saturated carbocycles. The van der Waals surface area contributed by atoms with E-state index in [-0.39, 0.29) is 56.3 Å². The van der Waals surface area contributed by atoms with Crippen LogP contribution in [0.2, 0.25) is 0 Å². The number of pyridine rings is 1. The number of nitrogens with zero attached hydrogens (tertiary/aromatic N) is 1. The lowest BCUT2D eigenvalue weighted by Gasteiger charge is -2.21. The molecule has 4 aromatic rings. The van der Waals surface area contributed by atoms with Gasteiger partial charge in [-0.05, 0) is 48.4 Å². The van der Waals surface area contributed by atoms with Gasteiger partial charge in [-0.2, -0.15) is 13.2 Å². The van der Waals surface area contributed by atoms with Gasteiger partial charge >= 0.3 is 6.18 Å². The number of ketones is 1. The average molecular weight is 590 g/mol. The Labute approximate surface area is 234 Å². The highest BCUT2D eigenvalue weighted by Crippen LogP contribution is 2.42. The molecule has 1 aromatic heterocycles. The first-order valence-electron chi connectivity index (χ1n) is 12.3. The zero-order chi connectivity index (χ0) is 29.6. The Hall–Kier alpha value is -3.99. The quantitative estimate of drug-likeness (QED) is 0.174. The maximum atomic E-state index is 15.5. The van der Waals surface area contributed by atoms with Crippen LogP contribution in [0, 0.1) is 24.4 Å². The predicted octanol–water partition coefficient (Wildman–Crippen LogP) is 7.39. The fraction of sp³-hybridized carbons (Fsp3) is 0.200. The van der Waals surface area contributed by atoms with Crippen molar-refractivity contribution in [2.45, 2.75) is 30.6 Å². The molecule has 3 aromatic carbocycles. The molecule has 0 amide bonds. The van der Waals surface area contributed by atoms with Gasteiger partial charge in [-0.25, -0.2) is 13.2 Å². The molecule has 0 bridgehead atoms. The standard InChI is InChI=1S/C30H21F6NO3S/c1-15-19(13-20-21(31)9-5-10-22(20)32)29-37(28(39)25(15)18-8-4-11-24(40-2)26(18)33)23(14-41-29)27(38)16-6-3-7-17(12-16)30(34,35)36/h3-12,23H,13-14H2,1-2H3. The molecule has 0 aliphatic carbocycles. The number of methoxy groups -OCH3 is 1. The molecule has 1 aliphatic heterocycles. The van der Waals surface area contributed by atoms with Crippen molar-refractivity contribution < 1.29 is 35.9 Å². The lowest BCUT2D eigenvalue weighted by molar-refractivity contribution is -0.137. The van der Waals surface area contributed by atoms with E-state index in [4.69, 9.17) is 4.74 Å². The Balaban J connectivity index is 1.75. The van der Waals surface area contributed by atoms with Gasteiger partial charge in [0.1, 0.15) is 17.7 Å². The number of Topliss-reactive ketones (excluding diaryl/α,β-unsaturated/α-hetero) is 1. The molecule has 1 unspecified atom stereocenters. The third-order valence-corrected chi connectivity index (χ3v) is 8.27. The van der Waals surface area contributed by atoms with E-state index >= 15 is 4.39 Å². The average Bonchev–Trinajstić information content (AvgIpc) is 3.38. The highest BCUT2D eigenvalue weighted by atomic mass is 32.2. The summed E-state index contributed by atoms with van der Waals surface area (Å²) in [6, 6.07) is 10.1. The van der Waals surface area contributed by atoms with Gasteiger partial charge in [-0.15, -0.1) is 11.8 Å². The summed E-state index contributed by atoms with van der Waals surface area (Å²) in [5.41, 5.74) is -2.12. The molecular weight excluding hydrogens is 568 g/mol. The molecule has 0 N–H and O–H groups in total. The van der Waals surface area contributed by atoms with E-state index < -0.39 is 46.6 Å². The van der Waals surface area contributed by atoms with Crippen molar-refractivity contribution in [2.24, 2.45) is 0 Å². The Morgan fingerprint density at radius 1 is 1.00 bits per heavy atom. The lowest BCUT2D eigenvalue weighted by Crippen LogP contribution is -2.31. The monoisotopic (exact) mass is 589 g/mol. The number of carbonyl (C=O) groups excluding carboxylic acids is 1. The molecule has 0 fully saturated rings. The minimum absolute atomic E-state index is 0.0272. The van der Waals surface area contributed by atoms with Gasteiger partial charge in [0, 0.05) is 28.9 Å². The second-order valence-electron chi connectivity index (χ2n) is 9.43. The summed E-state index contributed by atoms with van der Waals surface area (Å²) in [5, 5.41) is 0.229. The third-order valence-electron chi connectivity index (χ3n) is 7.07. The van der Waals surface area contributed by atoms with Gasteiger partial charge in [0.15, 0.2) is 17.3 Å². The molecule has 11 heteroatoms. The number of rotatable bonds is 6. The molecule has 4 nitrogen and oxygen atoms in total. The topological polar surface area (TPSA) is 48.3 Å². The first-order valence-corrected chi connectivity index (χ1v) is 13.3. The van der Waals surface area contributed by atoms with Gasteiger partial charge in [0.05, 0.1) is 23.3 Å². The van der Waals surface area contributed by atoms with Crippen LogP contribution in [-0.4, -0.2) is 23.2 Å². The van der Waals surface area contributed by atoms with Crippen molar-refractivity contribution in [3.8, 4) is 16.9 Å². The molecule has 0 saturated heterocycles. The number of thioether (sulfide) groups is 1. The summed E-state index contributed by atoms with van der Waals surface area (Å²) in [6.07, 6.45) is -5.02. The van der Waals surface area contributed by atoms with Crippen LogP contribution in [0.4, 0.5) is 26.3 Å². The first-order chi connectivity index (χ1) is 19.4. The zero-order valence-corrected chi connectivity index (χ0v) is 22.4. The normalized spacial score (nSPS) is 14.7. The van der Waals surface area contributed by atoms with Crippen LogP contribution in [0.15, 0.2) is 70.5 Å². The molecule has 41 heavy (non-hydrogen) atoms. The van der Waals surface area contributed by atoms with Crippen LogP contribution in [0.1, 0.15) is 38.7 Å². The van der Waals surface area contributed by atoms with Gasteiger partial charge < -0.3 is 4.74 Å². The van der Waals surface area contributed by atoms with E-state index in [1.807, 2.05) is 0 Å². The van der Waals surface area contributed by atoms with E-state index in [9.17, 15) is 31.5 Å². The number of fused-ring (bicyclic) bond motifs is 1. The number of ether oxygens (including phenoxy) is 1. The fourth-order valence-corrected chi connectivity index (χ4v) is 6.37. The van der Waals surface area contributed by atoms with Gasteiger partial charge in [0.25, 0.3) is 5.56 Å². The smallest absolute Gasteiger partial charge is 0.416 e. The van der Waals surface area contributed by atoms with Gasteiger partial charge in [-0.1, -0.05) is 30.3 Å². The van der Waals surface area contributed by atoms with Crippen LogP contribution >= 0.6 is 11.8 Å². The molecular formula is C30H21F6NO3S. The summed E-state index contributed by atoms with van der Waals surface area (Å²) >= 11 is 1.07. The minimum Gasteiger partial charge on any atom is -0.494 e. The third kappa shape index (κ3) is 5.03. The number of hydrogen-bond donors (Lipinski definition) is 0. The molecule has 5 rings (SSSR count). The minimum atomic E-state index is -4.69. The van der Waals surface area contributed by atoms with Crippen molar-refractivity contribution in [2.75, 3.05) is 12.9 Å². The Bertz CT molecular complexity index is 1730. The Kier molecular flexibility index (Phi) is 7.50. The first kappa shape index (κ1) is 28.5. The molecule has 2 heterocycles. The number of benzene rings is 3. The molecule has 212 valence electrons. The summed E-state index contributed by atoms with van der Waals surface area (Å²) in [4.78, 5) is 27.6. The van der Waals surface area contributed by atoms with Crippen LogP contribution in [0.25, 0.3) is 11.1 Å². The van der Waals surface area contributed by atoms with E-state index in [1.54, 1.807) is 0 Å². The second kappa shape index (κ2) is 10.8. The number of aromatic nitrogens is 1. The van der Waals surface area contributed by atoms with Crippen LogP contribution in [0.3, 0.4) is 0 Å². The lowest BCUT2D eigenvalue weighted by atomic mass is 9.93. The van der Waals surface area contributed by atoms with Crippen molar-refractivity contribution in [3.05, 3.63) is 116 Å². The summed E-state index contributed by atoms with van der Waals surface area (Å²) < 4.78 is 91.1. The Morgan fingerprint density at radius 3 is 2.32 bits per heavy atom. The maximum Gasteiger partial charge on any atom is 0.416 e. The van der Waals surface area contributed by atoms with Crippen molar-refractivity contribution in [3.63, 3.8) is 0 Å². The van der Waals surface area contributed by atoms with Crippen LogP contribution < -0.4 is 10.3 Å². The van der Waals surface area contributed by atoms with Crippen molar-refractivity contribution >= 4 is 17.5 Å². The highest BCUT2D eigenvalue weighted by molar-refractivity contribution is 7.99. The van der Waals surface area contributed by atoms with E-state index in [0.29, 0.717) is 6.07 Å². The number of halogens is 6. The summed E-state index contributed by atoms with van der Waals surface area (Å²) in [6.45, 7) is 1.52. The number of alkyl halides is 3. The summed E-state index contributed by atoms with van der Waals surface area (Å²) in [7, 11) is 1.25. The predicted molar refractivity (Wildman–Crippen MR) is 142 cm³/mol. The highest BCUT2D eigenvalue weighted by Gasteiger charge is 2.37. The molecule has 0 spiro atoms. The largest absolute Gasteiger partial charge is 0.494 e. The second-order valence-corrected chi connectivity index (χ2v) is 10.4. The van der Waals surface area contributed by atoms with Gasteiger partial charge in [-0.3, -0.25) is 14.2 Å². The molecule has 1 atom stereocenters. The van der Waals surface area contributed by atoms with Crippen molar-refractivity contribution in [1.29, 1.82) is 0 Å². The number of hydrogen-bond acceptors (Lipinski definition) is 4. The van der Waals surface area contributed by atoms with Crippen LogP contribution in [-0.2, 0) is 12.6 Å². The van der Waals surface area contributed by atoms with E-state index in [0.717, 1.165) is 40.6 Å². The van der Waals surface area contributed by atoms with Crippen LogP contribution in [0.5, 0.6) is 5.75 Å². The van der Waals surface area contributed by atoms with Crippen molar-refractivity contribution in [1.82, 2.24) is 4.57 Å². The summed E-state index contributed by atoms with van der Waals surface area (Å²) in [5.74, 6) is -3.45.